The van der Waals surface area contributed by atoms with Crippen LogP contribution in [-0.2, 0) is 12.8 Å². The number of para-hydroxylation sites is 1. The van der Waals surface area contributed by atoms with Gasteiger partial charge in [0.05, 0.1) is 16.6 Å². The van der Waals surface area contributed by atoms with E-state index in [1.807, 2.05) is 16.7 Å². The number of aromatic amines is 1. The van der Waals surface area contributed by atoms with Gasteiger partial charge in [-0.05, 0) is 66.9 Å². The third-order valence-corrected chi connectivity index (χ3v) is 4.46. The molecule has 0 amide bonds. The van der Waals surface area contributed by atoms with E-state index >= 15 is 0 Å². The molecular formula is C17H13N3S. The molecule has 4 rings (SSSR count). The minimum Gasteiger partial charge on any atom is -0.329 e. The van der Waals surface area contributed by atoms with Gasteiger partial charge in [0.15, 0.2) is 4.77 Å². The van der Waals surface area contributed by atoms with Crippen LogP contribution in [0.3, 0.4) is 0 Å². The normalized spacial score (nSPS) is 13.3. The zero-order valence-electron chi connectivity index (χ0n) is 11.4. The van der Waals surface area contributed by atoms with Crippen LogP contribution in [0.15, 0.2) is 36.4 Å². The number of nitrogens with zero attached hydrogens (tertiary/aromatic N) is 2. The molecule has 21 heavy (non-hydrogen) atoms. The number of aryl methyl sites for hydroxylation is 2. The SMILES string of the molecule is N#Cc1cccc2c1[nH]c(=S)n2-c1ccc2c(c1)CCC2. The van der Waals surface area contributed by atoms with Crippen molar-refractivity contribution in [2.45, 2.75) is 19.3 Å². The number of nitrogens with one attached hydrogen (secondary N) is 1. The fourth-order valence-corrected chi connectivity index (χ4v) is 3.48. The van der Waals surface area contributed by atoms with Crippen LogP contribution in [-0.4, -0.2) is 9.55 Å². The highest BCUT2D eigenvalue weighted by Gasteiger charge is 2.14. The third-order valence-electron chi connectivity index (χ3n) is 4.18. The van der Waals surface area contributed by atoms with Gasteiger partial charge in [-0.1, -0.05) is 12.1 Å². The molecule has 0 bridgehead atoms. The zero-order chi connectivity index (χ0) is 14.4. The summed E-state index contributed by atoms with van der Waals surface area (Å²) >= 11 is 5.47. The van der Waals surface area contributed by atoms with Crippen LogP contribution < -0.4 is 0 Å². The maximum Gasteiger partial charge on any atom is 0.182 e. The molecule has 0 saturated heterocycles. The number of rotatable bonds is 1. The van der Waals surface area contributed by atoms with Crippen LogP contribution in [0.5, 0.6) is 0 Å². The third kappa shape index (κ3) is 1.82. The molecule has 0 radical (unpaired) electrons. The first-order valence-electron chi connectivity index (χ1n) is 7.04. The van der Waals surface area contributed by atoms with Gasteiger partial charge in [-0.3, -0.25) is 4.57 Å². The molecule has 1 heterocycles. The molecule has 0 saturated carbocycles. The predicted molar refractivity (Wildman–Crippen MR) is 85.2 cm³/mol. The van der Waals surface area contributed by atoms with E-state index in [4.69, 9.17) is 12.2 Å². The van der Waals surface area contributed by atoms with Gasteiger partial charge in [-0.2, -0.15) is 5.26 Å². The van der Waals surface area contributed by atoms with Crippen LogP contribution in [0.1, 0.15) is 23.1 Å². The lowest BCUT2D eigenvalue weighted by Crippen LogP contribution is -1.95. The summed E-state index contributed by atoms with van der Waals surface area (Å²) in [6, 6.07) is 14.5. The number of benzene rings is 2. The van der Waals surface area contributed by atoms with E-state index in [9.17, 15) is 5.26 Å². The van der Waals surface area contributed by atoms with Crippen LogP contribution in [0.2, 0.25) is 0 Å². The molecule has 1 N–H and O–H groups in total. The summed E-state index contributed by atoms with van der Waals surface area (Å²) in [5.41, 5.74) is 6.33. The number of nitriles is 1. The number of hydrogen-bond donors (Lipinski definition) is 1. The number of fused-ring (bicyclic) bond motifs is 2. The summed E-state index contributed by atoms with van der Waals surface area (Å²) in [6.45, 7) is 0. The monoisotopic (exact) mass is 291 g/mol. The van der Waals surface area contributed by atoms with Crippen LogP contribution in [0, 0.1) is 16.1 Å². The fraction of sp³-hybridized carbons (Fsp3) is 0.176. The Bertz CT molecular complexity index is 956. The van der Waals surface area contributed by atoms with Gasteiger partial charge in [0.25, 0.3) is 0 Å². The summed E-state index contributed by atoms with van der Waals surface area (Å²) in [6.07, 6.45) is 3.55. The van der Waals surface area contributed by atoms with Gasteiger partial charge in [-0.15, -0.1) is 0 Å². The molecule has 0 aliphatic heterocycles. The number of imidazole rings is 1. The summed E-state index contributed by atoms with van der Waals surface area (Å²) in [5.74, 6) is 0. The zero-order valence-corrected chi connectivity index (χ0v) is 12.2. The molecule has 2 aromatic carbocycles. The first kappa shape index (κ1) is 12.4. The summed E-state index contributed by atoms with van der Waals surface area (Å²) < 4.78 is 2.65. The Hall–Kier alpha value is -2.38. The molecule has 0 spiro atoms. The van der Waals surface area contributed by atoms with Crippen LogP contribution in [0.4, 0.5) is 0 Å². The van der Waals surface area contributed by atoms with E-state index in [1.54, 1.807) is 6.07 Å². The highest BCUT2D eigenvalue weighted by molar-refractivity contribution is 7.71. The Labute approximate surface area is 127 Å². The average molecular weight is 291 g/mol. The molecular weight excluding hydrogens is 278 g/mol. The number of H-pyrrole nitrogens is 1. The van der Waals surface area contributed by atoms with Gasteiger partial charge >= 0.3 is 0 Å². The van der Waals surface area contributed by atoms with E-state index in [-0.39, 0.29) is 0 Å². The molecule has 0 atom stereocenters. The van der Waals surface area contributed by atoms with Crippen molar-refractivity contribution in [2.75, 3.05) is 0 Å². The smallest absolute Gasteiger partial charge is 0.182 e. The average Bonchev–Trinajstić information content (AvgIpc) is 3.08. The molecule has 3 aromatic rings. The molecule has 3 nitrogen and oxygen atoms in total. The van der Waals surface area contributed by atoms with Gasteiger partial charge in [0, 0.05) is 5.69 Å². The van der Waals surface area contributed by atoms with Crippen molar-refractivity contribution in [2.24, 2.45) is 0 Å². The standard InChI is InChI=1S/C17H13N3S/c18-10-13-5-2-6-15-16(13)19-17(21)20(15)14-8-7-11-3-1-4-12(11)9-14/h2,5-9H,1,3-4H2,(H,19,21). The van der Waals surface area contributed by atoms with E-state index in [0.717, 1.165) is 23.1 Å². The van der Waals surface area contributed by atoms with E-state index in [2.05, 4.69) is 29.3 Å². The lowest BCUT2D eigenvalue weighted by Gasteiger charge is -2.07. The van der Waals surface area contributed by atoms with E-state index in [1.165, 1.54) is 24.0 Å². The lowest BCUT2D eigenvalue weighted by molar-refractivity contribution is 0.911. The lowest BCUT2D eigenvalue weighted by atomic mass is 10.1. The highest BCUT2D eigenvalue weighted by atomic mass is 32.1. The van der Waals surface area contributed by atoms with Gasteiger partial charge in [0.1, 0.15) is 6.07 Å². The molecule has 0 unspecified atom stereocenters. The highest BCUT2D eigenvalue weighted by Crippen LogP contribution is 2.27. The van der Waals surface area contributed by atoms with Crippen molar-refractivity contribution in [1.82, 2.24) is 9.55 Å². The summed E-state index contributed by atoms with van der Waals surface area (Å²) in [5, 5.41) is 9.22. The van der Waals surface area contributed by atoms with Crippen molar-refractivity contribution in [3.63, 3.8) is 0 Å². The van der Waals surface area contributed by atoms with Crippen LogP contribution >= 0.6 is 12.2 Å². The van der Waals surface area contributed by atoms with Crippen LogP contribution in [0.25, 0.3) is 16.7 Å². The second kappa shape index (κ2) is 4.57. The molecule has 1 aliphatic carbocycles. The second-order valence-corrected chi connectivity index (χ2v) is 5.77. The maximum absolute atomic E-state index is 9.22. The minimum atomic E-state index is 0.624. The van der Waals surface area contributed by atoms with Gasteiger partial charge in [0.2, 0.25) is 0 Å². The number of hydrogen-bond acceptors (Lipinski definition) is 2. The molecule has 1 aromatic heterocycles. The molecule has 1 aliphatic rings. The Morgan fingerprint density at radius 3 is 2.86 bits per heavy atom. The maximum atomic E-state index is 9.22. The first-order chi connectivity index (χ1) is 10.3. The van der Waals surface area contributed by atoms with E-state index < -0.39 is 0 Å². The molecule has 102 valence electrons. The Morgan fingerprint density at radius 2 is 2.00 bits per heavy atom. The Morgan fingerprint density at radius 1 is 1.14 bits per heavy atom. The number of aromatic nitrogens is 2. The molecule has 0 fully saturated rings. The summed E-state index contributed by atoms with van der Waals surface area (Å²) in [4.78, 5) is 3.17. The predicted octanol–water partition coefficient (Wildman–Crippen LogP) is 4.05. The fourth-order valence-electron chi connectivity index (χ4n) is 3.18. The van der Waals surface area contributed by atoms with Gasteiger partial charge in [-0.25, -0.2) is 0 Å². The Balaban J connectivity index is 2.01. The topological polar surface area (TPSA) is 44.5 Å². The minimum absolute atomic E-state index is 0.624. The quantitative estimate of drug-likeness (QED) is 0.687. The van der Waals surface area contributed by atoms with Crippen molar-refractivity contribution in [3.05, 3.63) is 57.9 Å². The second-order valence-electron chi connectivity index (χ2n) is 5.38. The molecule has 4 heteroatoms. The van der Waals surface area contributed by atoms with E-state index in [0.29, 0.717) is 10.3 Å². The van der Waals surface area contributed by atoms with Crippen molar-refractivity contribution < 1.29 is 0 Å². The first-order valence-corrected chi connectivity index (χ1v) is 7.45. The van der Waals surface area contributed by atoms with Gasteiger partial charge < -0.3 is 4.98 Å². The Kier molecular flexibility index (Phi) is 2.69. The van der Waals surface area contributed by atoms with Crippen molar-refractivity contribution in [3.8, 4) is 11.8 Å². The van der Waals surface area contributed by atoms with Crippen molar-refractivity contribution >= 4 is 23.3 Å². The summed E-state index contributed by atoms with van der Waals surface area (Å²) in [7, 11) is 0. The van der Waals surface area contributed by atoms with Crippen molar-refractivity contribution in [1.29, 1.82) is 5.26 Å². The largest absolute Gasteiger partial charge is 0.329 e.